The topological polar surface area (TPSA) is 65.7 Å². The maximum atomic E-state index is 11.4. The number of aryl methyl sites for hydroxylation is 4. The number of thiophene rings is 2. The Morgan fingerprint density at radius 3 is 1.46 bits per heavy atom. The van der Waals surface area contributed by atoms with E-state index in [-0.39, 0.29) is 11.1 Å². The molecule has 0 aliphatic heterocycles. The van der Waals surface area contributed by atoms with Crippen molar-refractivity contribution in [3.8, 4) is 0 Å². The van der Waals surface area contributed by atoms with Crippen molar-refractivity contribution in [1.29, 1.82) is 0 Å². The molecule has 0 saturated heterocycles. The van der Waals surface area contributed by atoms with Crippen molar-refractivity contribution < 1.29 is 0 Å². The molecule has 124 valence electrons. The van der Waals surface area contributed by atoms with Crippen molar-refractivity contribution in [1.82, 2.24) is 9.97 Å². The summed E-state index contributed by atoms with van der Waals surface area (Å²) in [7, 11) is 0. The lowest BCUT2D eigenvalue weighted by atomic mass is 10.1. The molecule has 4 aromatic rings. The summed E-state index contributed by atoms with van der Waals surface area (Å²) >= 11 is 2.99. The standard InChI is InChI=1S/2C9H9NOS/c2*1-5-6(2)10-9(11)8-7(5)3-4-12-8/h2*3-4H,1-2H3,(H,10,11). The molecule has 6 heteroatoms. The number of aromatic amines is 2. The normalized spacial score (nSPS) is 10.8. The Hall–Kier alpha value is -2.18. The Balaban J connectivity index is 0.000000141. The molecule has 0 unspecified atom stereocenters. The fourth-order valence-corrected chi connectivity index (χ4v) is 4.30. The van der Waals surface area contributed by atoms with E-state index in [0.29, 0.717) is 0 Å². The van der Waals surface area contributed by atoms with Gasteiger partial charge in [-0.3, -0.25) is 9.59 Å². The minimum atomic E-state index is 0.0306. The van der Waals surface area contributed by atoms with Crippen LogP contribution in [-0.4, -0.2) is 9.97 Å². The minimum Gasteiger partial charge on any atom is -0.325 e. The van der Waals surface area contributed by atoms with Gasteiger partial charge in [0, 0.05) is 22.2 Å². The van der Waals surface area contributed by atoms with E-state index >= 15 is 0 Å². The first kappa shape index (κ1) is 16.7. The monoisotopic (exact) mass is 358 g/mol. The minimum absolute atomic E-state index is 0.0306. The number of pyridine rings is 2. The summed E-state index contributed by atoms with van der Waals surface area (Å²) in [4.78, 5) is 28.4. The van der Waals surface area contributed by atoms with Gasteiger partial charge in [-0.2, -0.15) is 0 Å². The zero-order chi connectivity index (χ0) is 17.4. The lowest BCUT2D eigenvalue weighted by Crippen LogP contribution is -2.07. The number of nitrogens with one attached hydrogen (secondary N) is 2. The summed E-state index contributed by atoms with van der Waals surface area (Å²) in [6.07, 6.45) is 0. The molecule has 4 heterocycles. The van der Waals surface area contributed by atoms with Crippen molar-refractivity contribution in [2.45, 2.75) is 27.7 Å². The van der Waals surface area contributed by atoms with E-state index in [2.05, 4.69) is 9.97 Å². The summed E-state index contributed by atoms with van der Waals surface area (Å²) in [5.41, 5.74) is 4.33. The van der Waals surface area contributed by atoms with Gasteiger partial charge in [-0.15, -0.1) is 22.7 Å². The van der Waals surface area contributed by atoms with Crippen LogP contribution in [-0.2, 0) is 0 Å². The van der Waals surface area contributed by atoms with Gasteiger partial charge in [-0.05, 0) is 61.7 Å². The second kappa shape index (κ2) is 6.37. The number of fused-ring (bicyclic) bond motifs is 2. The predicted octanol–water partition coefficient (Wildman–Crippen LogP) is 4.41. The summed E-state index contributed by atoms with van der Waals surface area (Å²) in [6.45, 7) is 7.91. The van der Waals surface area contributed by atoms with Crippen molar-refractivity contribution in [2.24, 2.45) is 0 Å². The lowest BCUT2D eigenvalue weighted by Gasteiger charge is -1.99. The van der Waals surface area contributed by atoms with E-state index in [1.807, 2.05) is 50.6 Å². The molecule has 0 aliphatic rings. The first-order valence-electron chi connectivity index (χ1n) is 7.53. The number of aromatic nitrogens is 2. The van der Waals surface area contributed by atoms with Crippen LogP contribution in [0, 0.1) is 27.7 Å². The van der Waals surface area contributed by atoms with Gasteiger partial charge in [0.2, 0.25) is 0 Å². The molecular formula is C18H18N2O2S2. The second-order valence-electron chi connectivity index (χ2n) is 5.74. The van der Waals surface area contributed by atoms with Gasteiger partial charge in [-0.1, -0.05) is 0 Å². The molecule has 0 saturated carbocycles. The highest BCUT2D eigenvalue weighted by Crippen LogP contribution is 2.21. The Morgan fingerprint density at radius 2 is 1.08 bits per heavy atom. The van der Waals surface area contributed by atoms with E-state index in [9.17, 15) is 9.59 Å². The molecule has 0 aromatic carbocycles. The van der Waals surface area contributed by atoms with Gasteiger partial charge in [0.15, 0.2) is 0 Å². The van der Waals surface area contributed by atoms with Gasteiger partial charge in [0.05, 0.1) is 9.40 Å². The molecule has 4 nitrogen and oxygen atoms in total. The van der Waals surface area contributed by atoms with Crippen LogP contribution in [0.3, 0.4) is 0 Å². The fourth-order valence-electron chi connectivity index (χ4n) is 2.61. The Labute approximate surface area is 146 Å². The van der Waals surface area contributed by atoms with E-state index in [1.54, 1.807) is 0 Å². The second-order valence-corrected chi connectivity index (χ2v) is 7.57. The highest BCUT2D eigenvalue weighted by atomic mass is 32.1. The van der Waals surface area contributed by atoms with E-state index < -0.39 is 0 Å². The van der Waals surface area contributed by atoms with Gasteiger partial charge in [-0.25, -0.2) is 0 Å². The van der Waals surface area contributed by atoms with Crippen LogP contribution in [0.15, 0.2) is 32.5 Å². The maximum absolute atomic E-state index is 11.4. The van der Waals surface area contributed by atoms with Gasteiger partial charge >= 0.3 is 0 Å². The summed E-state index contributed by atoms with van der Waals surface area (Å²) in [6, 6.07) is 4.00. The third-order valence-corrected chi connectivity index (χ3v) is 6.10. The zero-order valence-corrected chi connectivity index (χ0v) is 15.6. The first-order valence-corrected chi connectivity index (χ1v) is 9.29. The van der Waals surface area contributed by atoms with E-state index in [4.69, 9.17) is 0 Å². The van der Waals surface area contributed by atoms with Crippen LogP contribution >= 0.6 is 22.7 Å². The molecule has 0 amide bonds. The van der Waals surface area contributed by atoms with Crippen LogP contribution in [0.5, 0.6) is 0 Å². The van der Waals surface area contributed by atoms with Crippen LogP contribution < -0.4 is 11.1 Å². The molecule has 0 aliphatic carbocycles. The van der Waals surface area contributed by atoms with E-state index in [0.717, 1.165) is 31.6 Å². The largest absolute Gasteiger partial charge is 0.325 e. The third kappa shape index (κ3) is 2.83. The third-order valence-electron chi connectivity index (χ3n) is 4.28. The smallest absolute Gasteiger partial charge is 0.266 e. The Bertz CT molecular complexity index is 1050. The van der Waals surface area contributed by atoms with Crippen molar-refractivity contribution in [3.63, 3.8) is 0 Å². The summed E-state index contributed by atoms with van der Waals surface area (Å²) in [5, 5.41) is 6.07. The molecule has 2 N–H and O–H groups in total. The average molecular weight is 358 g/mol. The van der Waals surface area contributed by atoms with Crippen LogP contribution in [0.2, 0.25) is 0 Å². The van der Waals surface area contributed by atoms with Crippen molar-refractivity contribution in [2.75, 3.05) is 0 Å². The number of hydrogen-bond acceptors (Lipinski definition) is 4. The predicted molar refractivity (Wildman–Crippen MR) is 104 cm³/mol. The lowest BCUT2D eigenvalue weighted by molar-refractivity contribution is 1.14. The number of hydrogen-bond donors (Lipinski definition) is 2. The van der Waals surface area contributed by atoms with Crippen LogP contribution in [0.25, 0.3) is 20.2 Å². The SMILES string of the molecule is Cc1[nH]c(=O)c2sccc2c1C.Cc1[nH]c(=O)c2sccc2c1C. The highest BCUT2D eigenvalue weighted by Gasteiger charge is 2.05. The summed E-state index contributed by atoms with van der Waals surface area (Å²) < 4.78 is 1.66. The molecule has 0 radical (unpaired) electrons. The number of H-pyrrole nitrogens is 2. The van der Waals surface area contributed by atoms with Gasteiger partial charge in [0.1, 0.15) is 0 Å². The molecule has 0 bridgehead atoms. The maximum Gasteiger partial charge on any atom is 0.266 e. The first-order chi connectivity index (χ1) is 11.4. The average Bonchev–Trinajstić information content (AvgIpc) is 3.20. The molecule has 0 fully saturated rings. The van der Waals surface area contributed by atoms with Gasteiger partial charge in [0.25, 0.3) is 11.1 Å². The molecule has 4 rings (SSSR count). The quantitative estimate of drug-likeness (QED) is 0.489. The molecule has 0 spiro atoms. The van der Waals surface area contributed by atoms with Crippen molar-refractivity contribution >= 4 is 42.8 Å². The molecule has 4 aromatic heterocycles. The van der Waals surface area contributed by atoms with Crippen LogP contribution in [0.4, 0.5) is 0 Å². The Morgan fingerprint density at radius 1 is 0.708 bits per heavy atom. The number of rotatable bonds is 0. The molecule has 0 atom stereocenters. The zero-order valence-electron chi connectivity index (χ0n) is 13.9. The Kier molecular flexibility index (Phi) is 4.43. The van der Waals surface area contributed by atoms with Crippen molar-refractivity contribution in [3.05, 3.63) is 66.1 Å². The van der Waals surface area contributed by atoms with Gasteiger partial charge < -0.3 is 9.97 Å². The summed E-state index contributed by atoms with van der Waals surface area (Å²) in [5.74, 6) is 0. The van der Waals surface area contributed by atoms with Crippen LogP contribution in [0.1, 0.15) is 22.5 Å². The molecule has 24 heavy (non-hydrogen) atoms. The highest BCUT2D eigenvalue weighted by molar-refractivity contribution is 7.17. The van der Waals surface area contributed by atoms with E-state index in [1.165, 1.54) is 33.8 Å². The molecular weight excluding hydrogens is 340 g/mol. The fraction of sp³-hybridized carbons (Fsp3) is 0.222.